The minimum absolute atomic E-state index is 0.433. The highest BCUT2D eigenvalue weighted by atomic mass is 35.5. The van der Waals surface area contributed by atoms with Crippen molar-refractivity contribution >= 4 is 23.2 Å². The Labute approximate surface area is 141 Å². The first-order chi connectivity index (χ1) is 10.1. The van der Waals surface area contributed by atoms with E-state index < -0.39 is 0 Å². The van der Waals surface area contributed by atoms with Crippen molar-refractivity contribution in [1.29, 1.82) is 0 Å². The Morgan fingerprint density at radius 3 is 1.71 bits per heavy atom. The van der Waals surface area contributed by atoms with Gasteiger partial charge in [-0.1, -0.05) is 50.9 Å². The largest absolute Gasteiger partial charge is 0.381 e. The summed E-state index contributed by atoms with van der Waals surface area (Å²) in [6, 6.07) is 4.14. The number of hydrogen-bond donors (Lipinski definition) is 0. The summed E-state index contributed by atoms with van der Waals surface area (Å²) in [7, 11) is 1.80. The molecule has 1 aromatic carbocycles. The molecule has 0 saturated heterocycles. The Kier molecular flexibility index (Phi) is 11.2. The highest BCUT2D eigenvalue weighted by molar-refractivity contribution is 6.36. The molecule has 0 atom stereocenters. The molecular weight excluding hydrogens is 303 g/mol. The van der Waals surface area contributed by atoms with Crippen molar-refractivity contribution in [3.8, 4) is 0 Å². The number of rotatable bonds is 2. The predicted octanol–water partition coefficient (Wildman–Crippen LogP) is 7.03. The van der Waals surface area contributed by atoms with E-state index in [-0.39, 0.29) is 0 Å². The molecule has 0 radical (unpaired) electrons. The zero-order valence-electron chi connectivity index (χ0n) is 14.3. The van der Waals surface area contributed by atoms with Crippen LogP contribution in [-0.2, 0) is 4.74 Å². The predicted molar refractivity (Wildman–Crippen MR) is 95.9 cm³/mol. The van der Waals surface area contributed by atoms with Gasteiger partial charge in [-0.3, -0.25) is 0 Å². The summed E-state index contributed by atoms with van der Waals surface area (Å²) in [5.41, 5.74) is 2.25. The standard InChI is InChI=1S/C14H18Cl2O.2C2H6/c1-9-13(15)7-11(8-14(9)16)10-3-5-12(17-2)6-4-10;2*1-2/h7-8,10,12H,3-6H2,1-2H3;2*1-2H3. The van der Waals surface area contributed by atoms with Gasteiger partial charge in [0.2, 0.25) is 0 Å². The highest BCUT2D eigenvalue weighted by Crippen LogP contribution is 2.37. The van der Waals surface area contributed by atoms with Gasteiger partial charge in [0.1, 0.15) is 0 Å². The van der Waals surface area contributed by atoms with Crippen molar-refractivity contribution in [3.63, 3.8) is 0 Å². The molecule has 0 heterocycles. The van der Waals surface area contributed by atoms with Crippen molar-refractivity contribution in [2.45, 2.75) is 72.3 Å². The van der Waals surface area contributed by atoms with Crippen LogP contribution in [0.25, 0.3) is 0 Å². The molecule has 1 nitrogen and oxygen atoms in total. The molecule has 0 aliphatic heterocycles. The minimum atomic E-state index is 0.433. The Balaban J connectivity index is 0.000000921. The Bertz CT molecular complexity index is 373. The van der Waals surface area contributed by atoms with Crippen LogP contribution in [-0.4, -0.2) is 13.2 Å². The lowest BCUT2D eigenvalue weighted by molar-refractivity contribution is 0.0659. The molecule has 122 valence electrons. The van der Waals surface area contributed by atoms with Crippen LogP contribution in [0.1, 0.15) is 70.4 Å². The van der Waals surface area contributed by atoms with E-state index in [0.29, 0.717) is 12.0 Å². The summed E-state index contributed by atoms with van der Waals surface area (Å²) in [6.07, 6.45) is 5.01. The normalized spacial score (nSPS) is 20.8. The van der Waals surface area contributed by atoms with E-state index in [0.717, 1.165) is 41.3 Å². The van der Waals surface area contributed by atoms with Crippen LogP contribution < -0.4 is 0 Å². The zero-order chi connectivity index (χ0) is 16.4. The van der Waals surface area contributed by atoms with E-state index in [1.165, 1.54) is 5.56 Å². The van der Waals surface area contributed by atoms with Gasteiger partial charge in [0.15, 0.2) is 0 Å². The zero-order valence-corrected chi connectivity index (χ0v) is 15.8. The van der Waals surface area contributed by atoms with Crippen LogP contribution in [0.15, 0.2) is 12.1 Å². The average Bonchev–Trinajstić information content (AvgIpc) is 2.56. The maximum absolute atomic E-state index is 6.19. The first-order valence-electron chi connectivity index (χ1n) is 8.10. The molecule has 0 amide bonds. The van der Waals surface area contributed by atoms with Crippen LogP contribution in [0.2, 0.25) is 10.0 Å². The van der Waals surface area contributed by atoms with Gasteiger partial charge in [0, 0.05) is 17.2 Å². The summed E-state index contributed by atoms with van der Waals surface area (Å²) in [6.45, 7) is 9.95. The molecule has 0 N–H and O–H groups in total. The van der Waals surface area contributed by atoms with Crippen molar-refractivity contribution in [3.05, 3.63) is 33.3 Å². The Hall–Kier alpha value is -0.240. The van der Waals surface area contributed by atoms with Crippen LogP contribution >= 0.6 is 23.2 Å². The lowest BCUT2D eigenvalue weighted by atomic mass is 9.82. The smallest absolute Gasteiger partial charge is 0.0571 e. The second kappa shape index (κ2) is 11.3. The van der Waals surface area contributed by atoms with Gasteiger partial charge in [-0.25, -0.2) is 0 Å². The number of benzene rings is 1. The first-order valence-corrected chi connectivity index (χ1v) is 8.85. The fourth-order valence-corrected chi connectivity index (χ4v) is 3.04. The molecule has 0 aromatic heterocycles. The second-order valence-corrected chi connectivity index (χ2v) is 5.63. The van der Waals surface area contributed by atoms with Gasteiger partial charge >= 0.3 is 0 Å². The highest BCUT2D eigenvalue weighted by Gasteiger charge is 2.22. The van der Waals surface area contributed by atoms with E-state index in [9.17, 15) is 0 Å². The van der Waals surface area contributed by atoms with Crippen molar-refractivity contribution in [1.82, 2.24) is 0 Å². The van der Waals surface area contributed by atoms with Crippen LogP contribution in [0.3, 0.4) is 0 Å². The molecular formula is C18H30Cl2O. The quantitative estimate of drug-likeness (QED) is 0.564. The van der Waals surface area contributed by atoms with Crippen molar-refractivity contribution in [2.24, 2.45) is 0 Å². The Morgan fingerprint density at radius 1 is 0.905 bits per heavy atom. The second-order valence-electron chi connectivity index (χ2n) is 4.82. The number of halogens is 2. The number of methoxy groups -OCH3 is 1. The van der Waals surface area contributed by atoms with Crippen LogP contribution in [0, 0.1) is 6.92 Å². The molecule has 1 fully saturated rings. The van der Waals surface area contributed by atoms with E-state index in [2.05, 4.69) is 12.1 Å². The monoisotopic (exact) mass is 332 g/mol. The molecule has 0 spiro atoms. The minimum Gasteiger partial charge on any atom is -0.381 e. The third-order valence-electron chi connectivity index (χ3n) is 3.78. The van der Waals surface area contributed by atoms with Gasteiger partial charge in [-0.05, 0) is 61.8 Å². The van der Waals surface area contributed by atoms with E-state index in [1.807, 2.05) is 34.6 Å². The summed E-state index contributed by atoms with van der Waals surface area (Å²) < 4.78 is 5.39. The number of ether oxygens (including phenoxy) is 1. The molecule has 0 unspecified atom stereocenters. The summed E-state index contributed by atoms with van der Waals surface area (Å²) in [4.78, 5) is 0. The average molecular weight is 333 g/mol. The SMILES string of the molecule is CC.CC.COC1CCC(c2cc(Cl)c(C)c(Cl)c2)CC1. The Morgan fingerprint density at radius 2 is 1.33 bits per heavy atom. The van der Waals surface area contributed by atoms with Gasteiger partial charge in [-0.15, -0.1) is 0 Å². The van der Waals surface area contributed by atoms with Crippen molar-refractivity contribution in [2.75, 3.05) is 7.11 Å². The maximum Gasteiger partial charge on any atom is 0.0571 e. The first kappa shape index (κ1) is 20.8. The van der Waals surface area contributed by atoms with Gasteiger partial charge in [0.05, 0.1) is 6.10 Å². The van der Waals surface area contributed by atoms with E-state index >= 15 is 0 Å². The molecule has 21 heavy (non-hydrogen) atoms. The molecule has 1 aromatic rings. The molecule has 2 rings (SSSR count). The lowest BCUT2D eigenvalue weighted by Gasteiger charge is -2.28. The molecule has 1 aliphatic rings. The molecule has 0 bridgehead atoms. The van der Waals surface area contributed by atoms with Crippen LogP contribution in [0.5, 0.6) is 0 Å². The molecule has 1 saturated carbocycles. The third-order valence-corrected chi connectivity index (χ3v) is 4.57. The third kappa shape index (κ3) is 6.18. The summed E-state index contributed by atoms with van der Waals surface area (Å²) in [5.74, 6) is 0.581. The van der Waals surface area contributed by atoms with Crippen molar-refractivity contribution < 1.29 is 4.74 Å². The summed E-state index contributed by atoms with van der Waals surface area (Å²) in [5, 5.41) is 1.56. The molecule has 3 heteroatoms. The van der Waals surface area contributed by atoms with E-state index in [4.69, 9.17) is 27.9 Å². The van der Waals surface area contributed by atoms with Gasteiger partial charge in [0.25, 0.3) is 0 Å². The van der Waals surface area contributed by atoms with Gasteiger partial charge in [-0.2, -0.15) is 0 Å². The summed E-state index contributed by atoms with van der Waals surface area (Å²) >= 11 is 12.4. The molecule has 1 aliphatic carbocycles. The fourth-order valence-electron chi connectivity index (χ4n) is 2.53. The topological polar surface area (TPSA) is 9.23 Å². The fraction of sp³-hybridized carbons (Fsp3) is 0.667. The number of hydrogen-bond acceptors (Lipinski definition) is 1. The maximum atomic E-state index is 6.19. The lowest BCUT2D eigenvalue weighted by Crippen LogP contribution is -2.19. The van der Waals surface area contributed by atoms with Crippen LogP contribution in [0.4, 0.5) is 0 Å². The van der Waals surface area contributed by atoms with Gasteiger partial charge < -0.3 is 4.74 Å². The van der Waals surface area contributed by atoms with E-state index in [1.54, 1.807) is 7.11 Å².